The van der Waals surface area contributed by atoms with Crippen molar-refractivity contribution in [1.82, 2.24) is 0 Å². The van der Waals surface area contributed by atoms with Gasteiger partial charge >= 0.3 is 0 Å². The maximum atomic E-state index is 12.6. The maximum Gasteiger partial charge on any atom is 0.123 e. The molecule has 0 aromatic heterocycles. The lowest BCUT2D eigenvalue weighted by Crippen LogP contribution is -1.82. The molecule has 76 valence electrons. The Balaban J connectivity index is 2.07. The average Bonchev–Trinajstić information content (AvgIpc) is 2.30. The molecule has 0 nitrogen and oxygen atoms in total. The lowest BCUT2D eigenvalue weighted by Gasteiger charge is -2.02. The number of halogens is 1. The van der Waals surface area contributed by atoms with Crippen molar-refractivity contribution in [3.63, 3.8) is 0 Å². The second kappa shape index (κ2) is 4.74. The van der Waals surface area contributed by atoms with Crippen molar-refractivity contribution in [3.05, 3.63) is 65.5 Å². The lowest BCUT2D eigenvalue weighted by atomic mass is 10.0. The van der Waals surface area contributed by atoms with Crippen LogP contribution in [-0.2, 0) is 0 Å². The van der Waals surface area contributed by atoms with Crippen molar-refractivity contribution in [2.24, 2.45) is 0 Å². The molecule has 15 heavy (non-hydrogen) atoms. The van der Waals surface area contributed by atoms with E-state index in [-0.39, 0.29) is 5.82 Å². The summed E-state index contributed by atoms with van der Waals surface area (Å²) >= 11 is 0. The summed E-state index contributed by atoms with van der Waals surface area (Å²) in [7, 11) is 0. The van der Waals surface area contributed by atoms with E-state index < -0.39 is 0 Å². The summed E-state index contributed by atoms with van der Waals surface area (Å²) in [6, 6.07) is 6.53. The van der Waals surface area contributed by atoms with Gasteiger partial charge in [-0.2, -0.15) is 0 Å². The molecule has 0 heterocycles. The van der Waals surface area contributed by atoms with Gasteiger partial charge in [0.05, 0.1) is 0 Å². The molecule has 1 aromatic rings. The minimum atomic E-state index is -0.188. The number of hydrogen-bond donors (Lipinski definition) is 0. The largest absolute Gasteiger partial charge is 0.207 e. The molecule has 0 radical (unpaired) electrons. The van der Waals surface area contributed by atoms with Gasteiger partial charge in [0.25, 0.3) is 0 Å². The Morgan fingerprint density at radius 2 is 1.87 bits per heavy atom. The van der Waals surface area contributed by atoms with Crippen molar-refractivity contribution in [1.29, 1.82) is 0 Å². The van der Waals surface area contributed by atoms with Crippen LogP contribution in [0.2, 0.25) is 0 Å². The topological polar surface area (TPSA) is 0 Å². The van der Waals surface area contributed by atoms with Gasteiger partial charge in [0.2, 0.25) is 0 Å². The van der Waals surface area contributed by atoms with Gasteiger partial charge in [-0.3, -0.25) is 0 Å². The minimum Gasteiger partial charge on any atom is -0.207 e. The first kappa shape index (κ1) is 9.91. The third kappa shape index (κ3) is 2.91. The molecule has 0 aliphatic heterocycles. The second-order valence-corrected chi connectivity index (χ2v) is 3.59. The number of benzene rings is 1. The molecule has 0 atom stereocenters. The van der Waals surface area contributed by atoms with E-state index in [1.54, 1.807) is 12.1 Å². The molecule has 1 aromatic carbocycles. The van der Waals surface area contributed by atoms with Gasteiger partial charge in [-0.25, -0.2) is 4.39 Å². The fourth-order valence-electron chi connectivity index (χ4n) is 1.54. The highest BCUT2D eigenvalue weighted by molar-refractivity contribution is 5.53. The molecular weight excluding hydrogens is 187 g/mol. The Labute approximate surface area is 89.4 Å². The molecule has 1 heteroatoms. The van der Waals surface area contributed by atoms with Crippen LogP contribution in [0.3, 0.4) is 0 Å². The first-order valence-electron chi connectivity index (χ1n) is 5.14. The third-order valence-electron chi connectivity index (χ3n) is 2.41. The van der Waals surface area contributed by atoms with Crippen LogP contribution in [0.15, 0.2) is 54.1 Å². The molecule has 1 aliphatic rings. The van der Waals surface area contributed by atoms with E-state index >= 15 is 0 Å². The summed E-state index contributed by atoms with van der Waals surface area (Å²) in [5, 5.41) is 0. The highest BCUT2D eigenvalue weighted by Crippen LogP contribution is 2.14. The molecule has 0 fully saturated rings. The van der Waals surface area contributed by atoms with E-state index in [1.165, 1.54) is 17.7 Å². The summed E-state index contributed by atoms with van der Waals surface area (Å²) in [4.78, 5) is 0. The van der Waals surface area contributed by atoms with Gasteiger partial charge < -0.3 is 0 Å². The van der Waals surface area contributed by atoms with E-state index in [9.17, 15) is 4.39 Å². The highest BCUT2D eigenvalue weighted by Gasteiger charge is 1.94. The van der Waals surface area contributed by atoms with Crippen molar-refractivity contribution in [2.45, 2.75) is 12.8 Å². The van der Waals surface area contributed by atoms with Gasteiger partial charge in [-0.05, 0) is 36.1 Å². The van der Waals surface area contributed by atoms with E-state index in [1.807, 2.05) is 6.08 Å². The average molecular weight is 200 g/mol. The van der Waals surface area contributed by atoms with Crippen molar-refractivity contribution >= 4 is 6.08 Å². The summed E-state index contributed by atoms with van der Waals surface area (Å²) in [6.45, 7) is 0. The highest BCUT2D eigenvalue weighted by atomic mass is 19.1. The van der Waals surface area contributed by atoms with Crippen molar-refractivity contribution in [2.75, 3.05) is 0 Å². The first-order valence-corrected chi connectivity index (χ1v) is 5.14. The van der Waals surface area contributed by atoms with Crippen LogP contribution < -0.4 is 0 Å². The lowest BCUT2D eigenvalue weighted by molar-refractivity contribution is 0.628. The first-order chi connectivity index (χ1) is 7.34. The summed E-state index contributed by atoms with van der Waals surface area (Å²) in [5.41, 5.74) is 2.36. The molecule has 0 saturated heterocycles. The monoisotopic (exact) mass is 200 g/mol. The molecule has 0 N–H and O–H groups in total. The predicted octanol–water partition coefficient (Wildman–Crippen LogP) is 4.12. The van der Waals surface area contributed by atoms with Crippen LogP contribution in [0.5, 0.6) is 0 Å². The second-order valence-electron chi connectivity index (χ2n) is 3.59. The SMILES string of the molecule is Fc1ccc(/C=C/C2=CC=CCC2)cc1. The molecule has 0 amide bonds. The predicted molar refractivity (Wildman–Crippen MR) is 61.9 cm³/mol. The Morgan fingerprint density at radius 1 is 1.07 bits per heavy atom. The molecule has 1 aliphatic carbocycles. The molecule has 0 saturated carbocycles. The number of rotatable bonds is 2. The molecular formula is C14H13F. The molecule has 0 spiro atoms. The van der Waals surface area contributed by atoms with Gasteiger partial charge in [0.15, 0.2) is 0 Å². The Bertz CT molecular complexity index is 407. The summed E-state index contributed by atoms with van der Waals surface area (Å²) in [5.74, 6) is -0.188. The Morgan fingerprint density at radius 3 is 2.53 bits per heavy atom. The fraction of sp³-hybridized carbons (Fsp3) is 0.143. The third-order valence-corrected chi connectivity index (χ3v) is 2.41. The van der Waals surface area contributed by atoms with E-state index in [2.05, 4.69) is 24.3 Å². The van der Waals surface area contributed by atoms with Crippen LogP contribution in [0.25, 0.3) is 6.08 Å². The smallest absolute Gasteiger partial charge is 0.123 e. The van der Waals surface area contributed by atoms with Crippen molar-refractivity contribution in [3.8, 4) is 0 Å². The Hall–Kier alpha value is -1.63. The maximum absolute atomic E-state index is 12.6. The molecule has 0 bridgehead atoms. The number of allylic oxidation sites excluding steroid dienone is 5. The zero-order chi connectivity index (χ0) is 10.5. The zero-order valence-corrected chi connectivity index (χ0v) is 8.49. The summed E-state index contributed by atoms with van der Waals surface area (Å²) < 4.78 is 12.6. The standard InChI is InChI=1S/C14H13F/c15-14-10-8-13(9-11-14)7-6-12-4-2-1-3-5-12/h1-2,4,6-11H,3,5H2/b7-6+. The number of hydrogen-bond acceptors (Lipinski definition) is 0. The van der Waals surface area contributed by atoms with Gasteiger partial charge in [-0.15, -0.1) is 0 Å². The van der Waals surface area contributed by atoms with Gasteiger partial charge in [-0.1, -0.05) is 42.5 Å². The van der Waals surface area contributed by atoms with Crippen LogP contribution in [-0.4, -0.2) is 0 Å². The van der Waals surface area contributed by atoms with E-state index in [0.29, 0.717) is 0 Å². The van der Waals surface area contributed by atoms with Crippen LogP contribution in [0.4, 0.5) is 4.39 Å². The zero-order valence-electron chi connectivity index (χ0n) is 8.49. The normalized spacial score (nSPS) is 15.7. The van der Waals surface area contributed by atoms with E-state index in [4.69, 9.17) is 0 Å². The molecule has 2 rings (SSSR count). The molecule has 0 unspecified atom stereocenters. The van der Waals surface area contributed by atoms with Gasteiger partial charge in [0.1, 0.15) is 5.82 Å². The summed E-state index contributed by atoms with van der Waals surface area (Å²) in [6.07, 6.45) is 12.7. The quantitative estimate of drug-likeness (QED) is 0.673. The Kier molecular flexibility index (Phi) is 3.13. The van der Waals surface area contributed by atoms with Crippen molar-refractivity contribution < 1.29 is 4.39 Å². The van der Waals surface area contributed by atoms with Gasteiger partial charge in [0, 0.05) is 0 Å². The van der Waals surface area contributed by atoms with Crippen LogP contribution in [0, 0.1) is 5.82 Å². The fourth-order valence-corrected chi connectivity index (χ4v) is 1.54. The van der Waals surface area contributed by atoms with E-state index in [0.717, 1.165) is 18.4 Å². The van der Waals surface area contributed by atoms with Crippen LogP contribution >= 0.6 is 0 Å². The minimum absolute atomic E-state index is 0.188. The van der Waals surface area contributed by atoms with Crippen LogP contribution in [0.1, 0.15) is 18.4 Å².